The van der Waals surface area contributed by atoms with Gasteiger partial charge in [0.05, 0.1) is 16.1 Å². The summed E-state index contributed by atoms with van der Waals surface area (Å²) in [5, 5.41) is 9.54. The van der Waals surface area contributed by atoms with Gasteiger partial charge in [-0.05, 0) is 55.2 Å². The predicted molar refractivity (Wildman–Crippen MR) is 106 cm³/mol. The third-order valence-corrected chi connectivity index (χ3v) is 6.10. The summed E-state index contributed by atoms with van der Waals surface area (Å²) in [7, 11) is -3.86. The minimum absolute atomic E-state index is 0.0504. The topological polar surface area (TPSA) is 86.7 Å². The molecule has 3 rings (SSSR count). The van der Waals surface area contributed by atoms with Crippen LogP contribution in [0.3, 0.4) is 0 Å². The van der Waals surface area contributed by atoms with Crippen LogP contribution in [0, 0.1) is 0 Å². The Morgan fingerprint density at radius 1 is 1.11 bits per heavy atom. The molecule has 2 aromatic carbocycles. The molecule has 1 aliphatic rings. The van der Waals surface area contributed by atoms with Crippen molar-refractivity contribution in [3.8, 4) is 0 Å². The number of nitrogens with one attached hydrogen (secondary N) is 1. The molecule has 1 saturated heterocycles. The van der Waals surface area contributed by atoms with Crippen molar-refractivity contribution >= 4 is 27.4 Å². The summed E-state index contributed by atoms with van der Waals surface area (Å²) in [6.07, 6.45) is 4.01. The van der Waals surface area contributed by atoms with Crippen LogP contribution >= 0.6 is 0 Å². The minimum atomic E-state index is -3.86. The van der Waals surface area contributed by atoms with Crippen molar-refractivity contribution in [2.24, 2.45) is 0 Å². The number of aromatic carboxylic acids is 1. The van der Waals surface area contributed by atoms with Gasteiger partial charge in [-0.15, -0.1) is 0 Å². The maximum Gasteiger partial charge on any atom is 0.337 e. The van der Waals surface area contributed by atoms with Gasteiger partial charge in [0.2, 0.25) is 0 Å². The second-order valence-electron chi connectivity index (χ2n) is 6.73. The molecule has 6 nitrogen and oxygen atoms in total. The van der Waals surface area contributed by atoms with Gasteiger partial charge >= 0.3 is 5.97 Å². The molecule has 7 heteroatoms. The zero-order chi connectivity index (χ0) is 19.4. The molecule has 0 amide bonds. The number of carboxylic acids is 1. The first-order valence-electron chi connectivity index (χ1n) is 9.15. The number of rotatable bonds is 7. The fourth-order valence-electron chi connectivity index (χ4n) is 3.30. The van der Waals surface area contributed by atoms with Crippen LogP contribution in [0.5, 0.6) is 0 Å². The Balaban J connectivity index is 1.87. The largest absolute Gasteiger partial charge is 0.478 e. The minimum Gasteiger partial charge on any atom is -0.478 e. The van der Waals surface area contributed by atoms with Crippen LogP contribution in [0.25, 0.3) is 0 Å². The van der Waals surface area contributed by atoms with Crippen LogP contribution in [0.2, 0.25) is 0 Å². The van der Waals surface area contributed by atoms with E-state index in [1.807, 2.05) is 0 Å². The highest BCUT2D eigenvalue weighted by molar-refractivity contribution is 7.92. The molecular weight excluding hydrogens is 364 g/mol. The van der Waals surface area contributed by atoms with Crippen molar-refractivity contribution in [1.82, 2.24) is 0 Å². The molecule has 2 N–H and O–H groups in total. The van der Waals surface area contributed by atoms with Crippen molar-refractivity contribution in [3.05, 3.63) is 53.6 Å². The Morgan fingerprint density at radius 3 is 2.37 bits per heavy atom. The molecule has 2 aromatic rings. The van der Waals surface area contributed by atoms with Crippen molar-refractivity contribution in [2.75, 3.05) is 22.7 Å². The number of nitrogens with zero attached hydrogens (tertiary/aromatic N) is 1. The first-order valence-corrected chi connectivity index (χ1v) is 10.6. The van der Waals surface area contributed by atoms with E-state index < -0.39 is 16.0 Å². The van der Waals surface area contributed by atoms with E-state index in [-0.39, 0.29) is 16.1 Å². The van der Waals surface area contributed by atoms with Gasteiger partial charge in [-0.1, -0.05) is 25.5 Å². The first kappa shape index (κ1) is 19.2. The Bertz CT molecular complexity index is 917. The van der Waals surface area contributed by atoms with Crippen LogP contribution in [-0.2, 0) is 16.4 Å². The van der Waals surface area contributed by atoms with Gasteiger partial charge < -0.3 is 10.0 Å². The molecule has 144 valence electrons. The smallest absolute Gasteiger partial charge is 0.337 e. The van der Waals surface area contributed by atoms with E-state index in [9.17, 15) is 18.3 Å². The normalized spacial score (nSPS) is 14.3. The first-order chi connectivity index (χ1) is 12.9. The van der Waals surface area contributed by atoms with Crippen molar-refractivity contribution in [3.63, 3.8) is 0 Å². The second-order valence-corrected chi connectivity index (χ2v) is 8.41. The molecule has 1 aliphatic heterocycles. The molecule has 27 heavy (non-hydrogen) atoms. The molecule has 0 saturated carbocycles. The lowest BCUT2D eigenvalue weighted by atomic mass is 10.1. The predicted octanol–water partition coefficient (Wildman–Crippen LogP) is 3.74. The molecule has 1 heterocycles. The number of carbonyl (C=O) groups is 1. The highest BCUT2D eigenvalue weighted by Crippen LogP contribution is 2.28. The second kappa shape index (κ2) is 8.00. The summed E-state index contributed by atoms with van der Waals surface area (Å²) in [6, 6.07) is 11.5. The van der Waals surface area contributed by atoms with Gasteiger partial charge in [-0.25, -0.2) is 13.2 Å². The molecule has 0 atom stereocenters. The fourth-order valence-corrected chi connectivity index (χ4v) is 4.38. The summed E-state index contributed by atoms with van der Waals surface area (Å²) in [6.45, 7) is 3.83. The van der Waals surface area contributed by atoms with Gasteiger partial charge in [0.25, 0.3) is 10.0 Å². The van der Waals surface area contributed by atoms with E-state index in [0.717, 1.165) is 50.0 Å². The molecule has 0 unspecified atom stereocenters. The lowest BCUT2D eigenvalue weighted by molar-refractivity contribution is 0.0698. The highest BCUT2D eigenvalue weighted by atomic mass is 32.2. The standard InChI is InChI=1S/C20H24N2O4S/c1-2-5-15-6-9-17(10-7-15)27(25,26)21-19-11-8-16(14-18(19)20(23)24)22-12-3-4-13-22/h6-11,14,21H,2-5,12-13H2,1H3,(H,23,24). The zero-order valence-electron chi connectivity index (χ0n) is 15.3. The van der Waals surface area contributed by atoms with Crippen LogP contribution in [-0.4, -0.2) is 32.6 Å². The van der Waals surface area contributed by atoms with E-state index in [2.05, 4.69) is 16.5 Å². The third-order valence-electron chi connectivity index (χ3n) is 4.72. The SMILES string of the molecule is CCCc1ccc(S(=O)(=O)Nc2ccc(N3CCCC3)cc2C(=O)O)cc1. The Hall–Kier alpha value is -2.54. The van der Waals surface area contributed by atoms with E-state index in [1.54, 1.807) is 30.3 Å². The van der Waals surface area contributed by atoms with Gasteiger partial charge in [0.1, 0.15) is 0 Å². The molecule has 0 radical (unpaired) electrons. The van der Waals surface area contributed by atoms with Gasteiger partial charge in [-0.2, -0.15) is 0 Å². The van der Waals surface area contributed by atoms with Gasteiger partial charge in [0.15, 0.2) is 0 Å². The van der Waals surface area contributed by atoms with Crippen molar-refractivity contribution < 1.29 is 18.3 Å². The monoisotopic (exact) mass is 388 g/mol. The summed E-state index contributed by atoms with van der Waals surface area (Å²) in [5.74, 6) is -1.16. The summed E-state index contributed by atoms with van der Waals surface area (Å²) >= 11 is 0. The summed E-state index contributed by atoms with van der Waals surface area (Å²) in [4.78, 5) is 13.9. The average Bonchev–Trinajstić information content (AvgIpc) is 3.17. The van der Waals surface area contributed by atoms with Gasteiger partial charge in [0, 0.05) is 18.8 Å². The number of hydrogen-bond donors (Lipinski definition) is 2. The molecule has 0 aromatic heterocycles. The molecular formula is C20H24N2O4S. The van der Waals surface area contributed by atoms with Crippen molar-refractivity contribution in [1.29, 1.82) is 0 Å². The van der Waals surface area contributed by atoms with E-state index in [1.165, 1.54) is 12.1 Å². The molecule has 0 spiro atoms. The highest BCUT2D eigenvalue weighted by Gasteiger charge is 2.21. The number of aryl methyl sites for hydroxylation is 1. The lowest BCUT2D eigenvalue weighted by Gasteiger charge is -2.19. The van der Waals surface area contributed by atoms with Crippen LogP contribution in [0.15, 0.2) is 47.4 Å². The van der Waals surface area contributed by atoms with Crippen LogP contribution < -0.4 is 9.62 Å². The van der Waals surface area contributed by atoms with E-state index in [0.29, 0.717) is 0 Å². The fraction of sp³-hybridized carbons (Fsp3) is 0.350. The quantitative estimate of drug-likeness (QED) is 0.755. The number of hydrogen-bond acceptors (Lipinski definition) is 4. The van der Waals surface area contributed by atoms with Crippen molar-refractivity contribution in [2.45, 2.75) is 37.5 Å². The molecule has 0 bridgehead atoms. The number of sulfonamides is 1. The Labute approximate surface area is 159 Å². The van der Waals surface area contributed by atoms with Crippen LogP contribution in [0.4, 0.5) is 11.4 Å². The molecule has 1 fully saturated rings. The Kier molecular flexibility index (Phi) is 5.70. The van der Waals surface area contributed by atoms with Crippen LogP contribution in [0.1, 0.15) is 42.1 Å². The average molecular weight is 388 g/mol. The maximum atomic E-state index is 12.7. The maximum absolute atomic E-state index is 12.7. The zero-order valence-corrected chi connectivity index (χ0v) is 16.1. The lowest BCUT2D eigenvalue weighted by Crippen LogP contribution is -2.19. The number of anilines is 2. The van der Waals surface area contributed by atoms with E-state index in [4.69, 9.17) is 0 Å². The Morgan fingerprint density at radius 2 is 1.78 bits per heavy atom. The van der Waals surface area contributed by atoms with Gasteiger partial charge in [-0.3, -0.25) is 4.72 Å². The summed E-state index contributed by atoms with van der Waals surface area (Å²) in [5.41, 5.74) is 1.89. The summed E-state index contributed by atoms with van der Waals surface area (Å²) < 4.78 is 27.8. The van der Waals surface area contributed by atoms with E-state index >= 15 is 0 Å². The number of carboxylic acid groups (broad SMARTS) is 1. The number of benzene rings is 2. The molecule has 0 aliphatic carbocycles. The third kappa shape index (κ3) is 4.42.